The Labute approximate surface area is 172 Å². The maximum Gasteiger partial charge on any atom is 0.449 e. The van der Waals surface area contributed by atoms with Gasteiger partial charge in [0.15, 0.2) is 0 Å². The second-order valence-electron chi connectivity index (χ2n) is 7.55. The number of hydrogen-bond acceptors (Lipinski definition) is 2. The smallest absolute Gasteiger partial charge is 0.339 e. The van der Waals surface area contributed by atoms with Crippen LogP contribution in [0.2, 0.25) is 0 Å². The molecule has 4 rings (SSSR count). The first-order valence-electron chi connectivity index (χ1n) is 9.96. The van der Waals surface area contributed by atoms with E-state index in [1.54, 1.807) is 41.3 Å². The molecule has 1 aromatic heterocycles. The lowest BCUT2D eigenvalue weighted by atomic mass is 9.96. The second kappa shape index (κ2) is 8.34. The first kappa shape index (κ1) is 20.2. The van der Waals surface area contributed by atoms with Gasteiger partial charge in [-0.2, -0.15) is 13.2 Å². The van der Waals surface area contributed by atoms with E-state index >= 15 is 0 Å². The molecule has 1 aliphatic rings. The van der Waals surface area contributed by atoms with Crippen LogP contribution in [0.15, 0.2) is 60.7 Å². The SMILES string of the molecule is O=C(/C=C/c1ccccc1)N1CCC(Cn2c(C(F)(F)F)nc3ccccc32)CC1. The van der Waals surface area contributed by atoms with E-state index in [9.17, 15) is 18.0 Å². The number of carbonyl (C=O) groups excluding carboxylic acids is 1. The van der Waals surface area contributed by atoms with Crippen LogP contribution in [-0.2, 0) is 17.5 Å². The number of nitrogens with zero attached hydrogens (tertiary/aromatic N) is 3. The maximum atomic E-state index is 13.5. The molecule has 7 heteroatoms. The van der Waals surface area contributed by atoms with Crippen molar-refractivity contribution in [2.24, 2.45) is 5.92 Å². The number of piperidine rings is 1. The van der Waals surface area contributed by atoms with E-state index in [1.165, 1.54) is 4.57 Å². The maximum absolute atomic E-state index is 13.5. The lowest BCUT2D eigenvalue weighted by molar-refractivity contribution is -0.147. The van der Waals surface area contributed by atoms with E-state index < -0.39 is 12.0 Å². The van der Waals surface area contributed by atoms with E-state index in [4.69, 9.17) is 0 Å². The lowest BCUT2D eigenvalue weighted by Gasteiger charge is -2.32. The van der Waals surface area contributed by atoms with E-state index in [-0.39, 0.29) is 18.4 Å². The van der Waals surface area contributed by atoms with Crippen molar-refractivity contribution in [3.05, 3.63) is 72.1 Å². The van der Waals surface area contributed by atoms with Crippen LogP contribution in [0.3, 0.4) is 0 Å². The Morgan fingerprint density at radius 1 is 1.03 bits per heavy atom. The number of alkyl halides is 3. The summed E-state index contributed by atoms with van der Waals surface area (Å²) >= 11 is 0. The van der Waals surface area contributed by atoms with Crippen LogP contribution in [0.4, 0.5) is 13.2 Å². The second-order valence-corrected chi connectivity index (χ2v) is 7.55. The van der Waals surface area contributed by atoms with Crippen molar-refractivity contribution in [1.29, 1.82) is 0 Å². The van der Waals surface area contributed by atoms with E-state index in [0.29, 0.717) is 37.0 Å². The highest BCUT2D eigenvalue weighted by molar-refractivity contribution is 5.91. The van der Waals surface area contributed by atoms with Gasteiger partial charge < -0.3 is 9.47 Å². The summed E-state index contributed by atoms with van der Waals surface area (Å²) in [6.07, 6.45) is 0.157. The van der Waals surface area contributed by atoms with Crippen molar-refractivity contribution in [3.8, 4) is 0 Å². The number of para-hydroxylation sites is 2. The minimum absolute atomic E-state index is 0.0610. The Kier molecular flexibility index (Phi) is 5.61. The predicted octanol–water partition coefficient (Wildman–Crippen LogP) is 5.01. The zero-order chi connectivity index (χ0) is 21.1. The highest BCUT2D eigenvalue weighted by Gasteiger charge is 2.38. The average molecular weight is 413 g/mol. The normalized spacial score (nSPS) is 15.9. The minimum atomic E-state index is -4.50. The third-order valence-corrected chi connectivity index (χ3v) is 5.49. The number of likely N-dealkylation sites (tertiary alicyclic amines) is 1. The molecule has 0 atom stereocenters. The van der Waals surface area contributed by atoms with Crippen molar-refractivity contribution in [2.75, 3.05) is 13.1 Å². The summed E-state index contributed by atoms with van der Waals surface area (Å²) in [6.45, 7) is 1.32. The van der Waals surface area contributed by atoms with Crippen LogP contribution >= 0.6 is 0 Å². The summed E-state index contributed by atoms with van der Waals surface area (Å²) < 4.78 is 41.8. The zero-order valence-corrected chi connectivity index (χ0v) is 16.3. The van der Waals surface area contributed by atoms with Crippen LogP contribution in [0, 0.1) is 5.92 Å². The predicted molar refractivity (Wildman–Crippen MR) is 110 cm³/mol. The van der Waals surface area contributed by atoms with E-state index in [0.717, 1.165) is 5.56 Å². The number of benzene rings is 2. The van der Waals surface area contributed by atoms with E-state index in [2.05, 4.69) is 4.98 Å². The molecule has 2 heterocycles. The number of amides is 1. The molecule has 1 fully saturated rings. The molecule has 156 valence electrons. The molecule has 1 saturated heterocycles. The monoisotopic (exact) mass is 413 g/mol. The molecule has 0 unspecified atom stereocenters. The Balaban J connectivity index is 1.42. The molecule has 0 radical (unpaired) electrons. The number of aromatic nitrogens is 2. The van der Waals surface area contributed by atoms with Crippen molar-refractivity contribution in [1.82, 2.24) is 14.5 Å². The van der Waals surface area contributed by atoms with Crippen LogP contribution in [0.5, 0.6) is 0 Å². The number of halogens is 3. The quantitative estimate of drug-likeness (QED) is 0.564. The van der Waals surface area contributed by atoms with Crippen molar-refractivity contribution < 1.29 is 18.0 Å². The van der Waals surface area contributed by atoms with Gasteiger partial charge in [-0.15, -0.1) is 0 Å². The average Bonchev–Trinajstić information content (AvgIpc) is 3.12. The number of carbonyl (C=O) groups is 1. The topological polar surface area (TPSA) is 38.1 Å². The summed E-state index contributed by atoms with van der Waals surface area (Å²) in [6, 6.07) is 16.3. The van der Waals surface area contributed by atoms with Crippen LogP contribution in [0.25, 0.3) is 17.1 Å². The molecule has 4 nitrogen and oxygen atoms in total. The largest absolute Gasteiger partial charge is 0.449 e. The van der Waals surface area contributed by atoms with Gasteiger partial charge in [0.1, 0.15) is 0 Å². The molecular weight excluding hydrogens is 391 g/mol. The number of rotatable bonds is 4. The van der Waals surface area contributed by atoms with Gasteiger partial charge >= 0.3 is 6.18 Å². The Hall–Kier alpha value is -3.09. The van der Waals surface area contributed by atoms with Gasteiger partial charge in [0, 0.05) is 25.7 Å². The molecule has 0 spiro atoms. The molecule has 1 aliphatic heterocycles. The van der Waals surface area contributed by atoms with Crippen LogP contribution < -0.4 is 0 Å². The molecule has 0 bridgehead atoms. The minimum Gasteiger partial charge on any atom is -0.339 e. The summed E-state index contributed by atoms with van der Waals surface area (Å²) in [5, 5.41) is 0. The molecule has 1 amide bonds. The van der Waals surface area contributed by atoms with Crippen molar-refractivity contribution in [3.63, 3.8) is 0 Å². The van der Waals surface area contributed by atoms with Crippen LogP contribution in [0.1, 0.15) is 24.2 Å². The summed E-state index contributed by atoms with van der Waals surface area (Å²) in [4.78, 5) is 18.0. The summed E-state index contributed by atoms with van der Waals surface area (Å²) in [5.74, 6) is -0.861. The molecule has 30 heavy (non-hydrogen) atoms. The summed E-state index contributed by atoms with van der Waals surface area (Å²) in [5.41, 5.74) is 1.80. The third-order valence-electron chi connectivity index (χ3n) is 5.49. The molecule has 2 aromatic carbocycles. The van der Waals surface area contributed by atoms with Gasteiger partial charge in [-0.3, -0.25) is 4.79 Å². The first-order valence-corrected chi connectivity index (χ1v) is 9.96. The fourth-order valence-electron chi connectivity index (χ4n) is 3.91. The molecular formula is C23H22F3N3O. The van der Waals surface area contributed by atoms with Gasteiger partial charge in [-0.05, 0) is 42.5 Å². The highest BCUT2D eigenvalue weighted by Crippen LogP contribution is 2.33. The molecule has 0 N–H and O–H groups in total. The fourth-order valence-corrected chi connectivity index (χ4v) is 3.91. The van der Waals surface area contributed by atoms with Gasteiger partial charge in [-0.25, -0.2) is 4.98 Å². The molecule has 0 aliphatic carbocycles. The number of fused-ring (bicyclic) bond motifs is 1. The van der Waals surface area contributed by atoms with Gasteiger partial charge in [0.2, 0.25) is 11.7 Å². The highest BCUT2D eigenvalue weighted by atomic mass is 19.4. The Morgan fingerprint density at radius 3 is 2.40 bits per heavy atom. The van der Waals surface area contributed by atoms with Crippen LogP contribution in [-0.4, -0.2) is 33.4 Å². The number of imidazole rings is 1. The Bertz CT molecular complexity index is 1050. The Morgan fingerprint density at radius 2 is 1.70 bits per heavy atom. The van der Waals surface area contributed by atoms with Crippen molar-refractivity contribution >= 4 is 23.0 Å². The molecule has 3 aromatic rings. The summed E-state index contributed by atoms with van der Waals surface area (Å²) in [7, 11) is 0. The number of hydrogen-bond donors (Lipinski definition) is 0. The first-order chi connectivity index (χ1) is 14.4. The lowest BCUT2D eigenvalue weighted by Crippen LogP contribution is -2.38. The zero-order valence-electron chi connectivity index (χ0n) is 16.3. The van der Waals surface area contributed by atoms with Crippen molar-refractivity contribution in [2.45, 2.75) is 25.6 Å². The van der Waals surface area contributed by atoms with Gasteiger partial charge in [-0.1, -0.05) is 42.5 Å². The fraction of sp³-hybridized carbons (Fsp3) is 0.304. The van der Waals surface area contributed by atoms with Gasteiger partial charge in [0.25, 0.3) is 0 Å². The molecule has 0 saturated carbocycles. The van der Waals surface area contributed by atoms with E-state index in [1.807, 2.05) is 30.3 Å². The third kappa shape index (κ3) is 4.40. The standard InChI is InChI=1S/C23H22F3N3O/c24-23(25,26)22-27-19-8-4-5-9-20(19)29(22)16-18-12-14-28(15-13-18)21(30)11-10-17-6-2-1-3-7-17/h1-11,18H,12-16H2/b11-10+. The van der Waals surface area contributed by atoms with Gasteiger partial charge in [0.05, 0.1) is 11.0 Å².